The molecule has 1 heterocycles. The highest BCUT2D eigenvalue weighted by Crippen LogP contribution is 2.23. The molecule has 1 atom stereocenters. The molecule has 1 aromatic heterocycles. The SMILES string of the molecule is COc1cccc(OCC(C(=O)O)c2ccc(C)o2)c1. The third-order valence-corrected chi connectivity index (χ3v) is 2.86. The summed E-state index contributed by atoms with van der Waals surface area (Å²) in [5.41, 5.74) is 0. The first-order valence-corrected chi connectivity index (χ1v) is 6.16. The molecule has 2 rings (SSSR count). The number of rotatable bonds is 6. The Morgan fingerprint density at radius 2 is 2.05 bits per heavy atom. The molecule has 5 nitrogen and oxygen atoms in total. The van der Waals surface area contributed by atoms with E-state index in [1.165, 1.54) is 0 Å². The van der Waals surface area contributed by atoms with Gasteiger partial charge in [-0.1, -0.05) is 6.07 Å². The van der Waals surface area contributed by atoms with Gasteiger partial charge in [0.05, 0.1) is 7.11 Å². The maximum absolute atomic E-state index is 11.3. The highest BCUT2D eigenvalue weighted by molar-refractivity contribution is 5.75. The fraction of sp³-hybridized carbons (Fsp3) is 0.267. The van der Waals surface area contributed by atoms with Gasteiger partial charge in [0.15, 0.2) is 0 Å². The molecule has 0 radical (unpaired) electrons. The van der Waals surface area contributed by atoms with Gasteiger partial charge in [-0.2, -0.15) is 0 Å². The van der Waals surface area contributed by atoms with Crippen molar-refractivity contribution in [1.29, 1.82) is 0 Å². The molecule has 1 aromatic carbocycles. The van der Waals surface area contributed by atoms with Crippen molar-refractivity contribution in [3.63, 3.8) is 0 Å². The van der Waals surface area contributed by atoms with Gasteiger partial charge in [0.25, 0.3) is 0 Å². The first-order valence-electron chi connectivity index (χ1n) is 6.16. The van der Waals surface area contributed by atoms with Gasteiger partial charge >= 0.3 is 5.97 Å². The van der Waals surface area contributed by atoms with Gasteiger partial charge in [-0.3, -0.25) is 4.79 Å². The van der Waals surface area contributed by atoms with E-state index in [4.69, 9.17) is 13.9 Å². The molecule has 0 amide bonds. The second-order valence-electron chi connectivity index (χ2n) is 4.33. The predicted molar refractivity (Wildman–Crippen MR) is 72.3 cm³/mol. The van der Waals surface area contributed by atoms with E-state index in [0.29, 0.717) is 23.0 Å². The van der Waals surface area contributed by atoms with Crippen molar-refractivity contribution in [1.82, 2.24) is 0 Å². The molecular weight excluding hydrogens is 260 g/mol. The van der Waals surface area contributed by atoms with Crippen molar-refractivity contribution in [2.45, 2.75) is 12.8 Å². The lowest BCUT2D eigenvalue weighted by atomic mass is 10.1. The van der Waals surface area contributed by atoms with Gasteiger partial charge in [0.1, 0.15) is 35.5 Å². The van der Waals surface area contributed by atoms with Crippen LogP contribution in [-0.2, 0) is 4.79 Å². The van der Waals surface area contributed by atoms with Crippen LogP contribution in [0.1, 0.15) is 17.4 Å². The summed E-state index contributed by atoms with van der Waals surface area (Å²) >= 11 is 0. The van der Waals surface area contributed by atoms with Crippen molar-refractivity contribution in [3.05, 3.63) is 47.9 Å². The van der Waals surface area contributed by atoms with Gasteiger partial charge in [0.2, 0.25) is 0 Å². The maximum Gasteiger partial charge on any atom is 0.317 e. The summed E-state index contributed by atoms with van der Waals surface area (Å²) in [5.74, 6) is 0.449. The molecule has 5 heteroatoms. The first-order chi connectivity index (χ1) is 9.60. The van der Waals surface area contributed by atoms with Crippen molar-refractivity contribution < 1.29 is 23.8 Å². The van der Waals surface area contributed by atoms with Crippen molar-refractivity contribution in [2.24, 2.45) is 0 Å². The topological polar surface area (TPSA) is 68.9 Å². The van der Waals surface area contributed by atoms with Crippen LogP contribution in [0, 0.1) is 6.92 Å². The highest BCUT2D eigenvalue weighted by atomic mass is 16.5. The minimum Gasteiger partial charge on any atom is -0.497 e. The Bertz CT molecular complexity index is 587. The monoisotopic (exact) mass is 276 g/mol. The van der Waals surface area contributed by atoms with Gasteiger partial charge in [-0.25, -0.2) is 0 Å². The fourth-order valence-corrected chi connectivity index (χ4v) is 1.79. The van der Waals surface area contributed by atoms with Gasteiger partial charge in [0, 0.05) is 6.07 Å². The van der Waals surface area contributed by atoms with E-state index in [1.807, 2.05) is 0 Å². The molecule has 0 saturated carbocycles. The normalized spacial score (nSPS) is 11.9. The molecule has 0 saturated heterocycles. The molecule has 0 fully saturated rings. The van der Waals surface area contributed by atoms with Crippen LogP contribution < -0.4 is 9.47 Å². The van der Waals surface area contributed by atoms with Crippen molar-refractivity contribution >= 4 is 5.97 Å². The summed E-state index contributed by atoms with van der Waals surface area (Å²) in [6, 6.07) is 10.4. The van der Waals surface area contributed by atoms with E-state index >= 15 is 0 Å². The number of benzene rings is 1. The van der Waals surface area contributed by atoms with Crippen LogP contribution in [-0.4, -0.2) is 24.8 Å². The molecule has 0 aliphatic carbocycles. The van der Waals surface area contributed by atoms with Crippen molar-refractivity contribution in [3.8, 4) is 11.5 Å². The number of ether oxygens (including phenoxy) is 2. The number of aryl methyl sites for hydroxylation is 1. The van der Waals surface area contributed by atoms with E-state index in [1.54, 1.807) is 50.4 Å². The molecular formula is C15H16O5. The lowest BCUT2D eigenvalue weighted by Crippen LogP contribution is -2.19. The Morgan fingerprint density at radius 1 is 1.30 bits per heavy atom. The highest BCUT2D eigenvalue weighted by Gasteiger charge is 2.24. The largest absolute Gasteiger partial charge is 0.497 e. The molecule has 0 aliphatic rings. The Labute approximate surface area is 116 Å². The van der Waals surface area contributed by atoms with Gasteiger partial charge in [-0.05, 0) is 31.2 Å². The van der Waals surface area contributed by atoms with E-state index < -0.39 is 11.9 Å². The summed E-state index contributed by atoms with van der Waals surface area (Å²) in [4.78, 5) is 11.3. The van der Waals surface area contributed by atoms with Gasteiger partial charge < -0.3 is 19.0 Å². The summed E-state index contributed by atoms with van der Waals surface area (Å²) in [6.07, 6.45) is 0. The number of hydrogen-bond acceptors (Lipinski definition) is 4. The molecule has 0 aliphatic heterocycles. The molecule has 20 heavy (non-hydrogen) atoms. The van der Waals surface area contributed by atoms with E-state index in [9.17, 15) is 9.90 Å². The predicted octanol–water partition coefficient (Wildman–Crippen LogP) is 2.84. The Hall–Kier alpha value is -2.43. The standard InChI is InChI=1S/C15H16O5/c1-10-6-7-14(20-10)13(15(16)17)9-19-12-5-3-4-11(8-12)18-2/h3-8,13H,9H2,1-2H3,(H,16,17). The van der Waals surface area contributed by atoms with Gasteiger partial charge in [-0.15, -0.1) is 0 Å². The summed E-state index contributed by atoms with van der Waals surface area (Å²) in [6.45, 7) is 1.76. The second kappa shape index (κ2) is 6.14. The van der Waals surface area contributed by atoms with Crippen LogP contribution >= 0.6 is 0 Å². The fourth-order valence-electron chi connectivity index (χ4n) is 1.79. The second-order valence-corrected chi connectivity index (χ2v) is 4.33. The summed E-state index contributed by atoms with van der Waals surface area (Å²) in [5, 5.41) is 9.25. The zero-order valence-electron chi connectivity index (χ0n) is 11.3. The third kappa shape index (κ3) is 3.32. The van der Waals surface area contributed by atoms with Crippen LogP contribution in [0.3, 0.4) is 0 Å². The van der Waals surface area contributed by atoms with E-state index in [2.05, 4.69) is 0 Å². The minimum atomic E-state index is -0.984. The number of aliphatic carboxylic acids is 1. The first kappa shape index (κ1) is 14.0. The average molecular weight is 276 g/mol. The van der Waals surface area contributed by atoms with E-state index in [-0.39, 0.29) is 6.61 Å². The number of methoxy groups -OCH3 is 1. The zero-order valence-corrected chi connectivity index (χ0v) is 11.3. The molecule has 0 bridgehead atoms. The maximum atomic E-state index is 11.3. The molecule has 1 unspecified atom stereocenters. The zero-order chi connectivity index (χ0) is 14.5. The number of hydrogen-bond donors (Lipinski definition) is 1. The number of furan rings is 1. The van der Waals surface area contributed by atoms with E-state index in [0.717, 1.165) is 0 Å². The molecule has 106 valence electrons. The molecule has 0 spiro atoms. The summed E-state index contributed by atoms with van der Waals surface area (Å²) in [7, 11) is 1.56. The lowest BCUT2D eigenvalue weighted by Gasteiger charge is -2.12. The Kier molecular flexibility index (Phi) is 4.30. The number of carboxylic acid groups (broad SMARTS) is 1. The number of carbonyl (C=O) groups is 1. The Morgan fingerprint density at radius 3 is 2.65 bits per heavy atom. The number of carboxylic acids is 1. The van der Waals surface area contributed by atoms with Crippen LogP contribution in [0.25, 0.3) is 0 Å². The Balaban J connectivity index is 2.07. The van der Waals surface area contributed by atoms with Crippen LogP contribution in [0.15, 0.2) is 40.8 Å². The summed E-state index contributed by atoms with van der Waals surface area (Å²) < 4.78 is 16.0. The smallest absolute Gasteiger partial charge is 0.317 e. The van der Waals surface area contributed by atoms with Crippen LogP contribution in [0.2, 0.25) is 0 Å². The van der Waals surface area contributed by atoms with Crippen LogP contribution in [0.5, 0.6) is 11.5 Å². The molecule has 1 N–H and O–H groups in total. The quantitative estimate of drug-likeness (QED) is 0.878. The third-order valence-electron chi connectivity index (χ3n) is 2.86. The van der Waals surface area contributed by atoms with Crippen LogP contribution in [0.4, 0.5) is 0 Å². The molecule has 2 aromatic rings. The average Bonchev–Trinajstić information content (AvgIpc) is 2.85. The van der Waals surface area contributed by atoms with Crippen molar-refractivity contribution in [2.75, 3.05) is 13.7 Å². The lowest BCUT2D eigenvalue weighted by molar-refractivity contribution is -0.140. The minimum absolute atomic E-state index is 0.00451.